The van der Waals surface area contributed by atoms with E-state index in [-0.39, 0.29) is 6.04 Å². The summed E-state index contributed by atoms with van der Waals surface area (Å²) in [5, 5.41) is 3.95. The summed E-state index contributed by atoms with van der Waals surface area (Å²) in [5.74, 6) is 1.07. The van der Waals surface area contributed by atoms with Crippen LogP contribution >= 0.6 is 0 Å². The molecule has 0 aromatic carbocycles. The normalized spacial score (nSPS) is 22.4. The van der Waals surface area contributed by atoms with Crippen LogP contribution < -0.4 is 10.6 Å². The van der Waals surface area contributed by atoms with Crippen molar-refractivity contribution in [3.8, 4) is 0 Å². The molecule has 2 rings (SSSR count). The lowest BCUT2D eigenvalue weighted by Gasteiger charge is -2.28. The molecule has 0 bridgehead atoms. The summed E-state index contributed by atoms with van der Waals surface area (Å²) in [6.45, 7) is 5.89. The molecule has 1 aliphatic heterocycles. The fraction of sp³-hybridized carbons (Fsp3) is 0.800. The van der Waals surface area contributed by atoms with Crippen LogP contribution in [0.15, 0.2) is 4.52 Å². The average molecular weight is 210 g/mol. The molecule has 2 heterocycles. The molecule has 84 valence electrons. The summed E-state index contributed by atoms with van der Waals surface area (Å²) in [7, 11) is 0. The van der Waals surface area contributed by atoms with Gasteiger partial charge in [0.05, 0.1) is 0 Å². The zero-order valence-corrected chi connectivity index (χ0v) is 9.31. The van der Waals surface area contributed by atoms with Crippen molar-refractivity contribution in [1.82, 2.24) is 10.1 Å². The van der Waals surface area contributed by atoms with Crippen molar-refractivity contribution in [1.29, 1.82) is 0 Å². The highest BCUT2D eigenvalue weighted by molar-refractivity contribution is 5.26. The van der Waals surface area contributed by atoms with Crippen LogP contribution in [0.5, 0.6) is 0 Å². The van der Waals surface area contributed by atoms with E-state index in [4.69, 9.17) is 10.3 Å². The second-order valence-electron chi connectivity index (χ2n) is 4.44. The van der Waals surface area contributed by atoms with Gasteiger partial charge in [0, 0.05) is 25.0 Å². The van der Waals surface area contributed by atoms with E-state index in [2.05, 4.69) is 28.9 Å². The number of hydrogen-bond donors (Lipinski definition) is 1. The van der Waals surface area contributed by atoms with Crippen molar-refractivity contribution in [2.45, 2.75) is 38.6 Å². The van der Waals surface area contributed by atoms with Crippen molar-refractivity contribution >= 4 is 6.01 Å². The Morgan fingerprint density at radius 1 is 1.53 bits per heavy atom. The van der Waals surface area contributed by atoms with Crippen LogP contribution in [0.25, 0.3) is 0 Å². The average Bonchev–Trinajstić information content (AvgIpc) is 2.66. The first kappa shape index (κ1) is 10.4. The minimum atomic E-state index is 0.230. The van der Waals surface area contributed by atoms with E-state index in [9.17, 15) is 0 Å². The van der Waals surface area contributed by atoms with Crippen LogP contribution in [0.2, 0.25) is 0 Å². The van der Waals surface area contributed by atoms with E-state index in [1.807, 2.05) is 0 Å². The van der Waals surface area contributed by atoms with Gasteiger partial charge in [-0.25, -0.2) is 0 Å². The van der Waals surface area contributed by atoms with Gasteiger partial charge >= 0.3 is 6.01 Å². The lowest BCUT2D eigenvalue weighted by Crippen LogP contribution is -2.43. The molecule has 0 radical (unpaired) electrons. The van der Waals surface area contributed by atoms with E-state index >= 15 is 0 Å². The fourth-order valence-electron chi connectivity index (χ4n) is 1.77. The Morgan fingerprint density at radius 2 is 2.33 bits per heavy atom. The maximum Gasteiger partial charge on any atom is 0.324 e. The molecule has 5 nitrogen and oxygen atoms in total. The number of piperidine rings is 1. The molecular weight excluding hydrogens is 192 g/mol. The number of aromatic nitrogens is 2. The van der Waals surface area contributed by atoms with Gasteiger partial charge in [-0.05, 0) is 12.8 Å². The predicted octanol–water partition coefficient (Wildman–Crippen LogP) is 1.12. The zero-order chi connectivity index (χ0) is 10.8. The number of rotatable bonds is 2. The summed E-state index contributed by atoms with van der Waals surface area (Å²) in [5.41, 5.74) is 5.90. The molecule has 0 spiro atoms. The van der Waals surface area contributed by atoms with Gasteiger partial charge in [0.15, 0.2) is 5.82 Å². The molecule has 1 aromatic rings. The van der Waals surface area contributed by atoms with Crippen molar-refractivity contribution in [3.63, 3.8) is 0 Å². The van der Waals surface area contributed by atoms with E-state index in [0.717, 1.165) is 31.8 Å². The van der Waals surface area contributed by atoms with Gasteiger partial charge < -0.3 is 15.2 Å². The van der Waals surface area contributed by atoms with Crippen LogP contribution in [-0.2, 0) is 0 Å². The highest BCUT2D eigenvalue weighted by Gasteiger charge is 2.21. The molecule has 1 atom stereocenters. The van der Waals surface area contributed by atoms with E-state index in [1.165, 1.54) is 0 Å². The third kappa shape index (κ3) is 2.28. The fourth-order valence-corrected chi connectivity index (χ4v) is 1.77. The van der Waals surface area contributed by atoms with Gasteiger partial charge in [-0.3, -0.25) is 0 Å². The number of nitrogens with zero attached hydrogens (tertiary/aromatic N) is 3. The first-order chi connectivity index (χ1) is 7.16. The van der Waals surface area contributed by atoms with Crippen LogP contribution in [0, 0.1) is 0 Å². The topological polar surface area (TPSA) is 68.2 Å². The minimum Gasteiger partial charge on any atom is -0.326 e. The quantitative estimate of drug-likeness (QED) is 0.792. The molecule has 5 heteroatoms. The lowest BCUT2D eigenvalue weighted by molar-refractivity contribution is 0.386. The van der Waals surface area contributed by atoms with Crippen LogP contribution in [0.4, 0.5) is 6.01 Å². The predicted molar refractivity (Wildman–Crippen MR) is 57.8 cm³/mol. The smallest absolute Gasteiger partial charge is 0.324 e. The van der Waals surface area contributed by atoms with Gasteiger partial charge in [-0.15, -0.1) is 0 Å². The molecule has 0 saturated carbocycles. The molecule has 2 N–H and O–H groups in total. The SMILES string of the molecule is CC(C)c1noc(N2CCCC(N)C2)n1. The molecule has 0 aliphatic carbocycles. The third-order valence-electron chi connectivity index (χ3n) is 2.68. The number of anilines is 1. The number of nitrogens with two attached hydrogens (primary N) is 1. The highest BCUT2D eigenvalue weighted by atomic mass is 16.5. The van der Waals surface area contributed by atoms with Gasteiger partial charge in [0.1, 0.15) is 0 Å². The van der Waals surface area contributed by atoms with Crippen molar-refractivity contribution in [3.05, 3.63) is 5.82 Å². The van der Waals surface area contributed by atoms with Gasteiger partial charge in [0.25, 0.3) is 0 Å². The molecule has 1 aromatic heterocycles. The second kappa shape index (κ2) is 4.18. The standard InChI is InChI=1S/C10H18N4O/c1-7(2)9-12-10(15-13-9)14-5-3-4-8(11)6-14/h7-8H,3-6,11H2,1-2H3. The molecule has 0 amide bonds. The van der Waals surface area contributed by atoms with Crippen LogP contribution in [0.3, 0.4) is 0 Å². The Labute approximate surface area is 89.6 Å². The Bertz CT molecular complexity index is 323. The monoisotopic (exact) mass is 210 g/mol. The molecule has 1 fully saturated rings. The van der Waals surface area contributed by atoms with Crippen LogP contribution in [-0.4, -0.2) is 29.3 Å². The zero-order valence-electron chi connectivity index (χ0n) is 9.31. The maximum atomic E-state index is 5.90. The summed E-state index contributed by atoms with van der Waals surface area (Å²) in [6, 6.07) is 0.849. The summed E-state index contributed by atoms with van der Waals surface area (Å²) in [6.07, 6.45) is 2.18. The van der Waals surface area contributed by atoms with E-state index < -0.39 is 0 Å². The summed E-state index contributed by atoms with van der Waals surface area (Å²) < 4.78 is 5.22. The van der Waals surface area contributed by atoms with Crippen molar-refractivity contribution < 1.29 is 4.52 Å². The Balaban J connectivity index is 2.08. The molecule has 15 heavy (non-hydrogen) atoms. The van der Waals surface area contributed by atoms with E-state index in [1.54, 1.807) is 0 Å². The summed E-state index contributed by atoms with van der Waals surface area (Å²) in [4.78, 5) is 6.44. The van der Waals surface area contributed by atoms with Crippen LogP contribution in [0.1, 0.15) is 38.4 Å². The Kier molecular flexibility index (Phi) is 2.90. The molecule has 1 aliphatic rings. The first-order valence-corrected chi connectivity index (χ1v) is 5.51. The minimum absolute atomic E-state index is 0.230. The van der Waals surface area contributed by atoms with Gasteiger partial charge in [0.2, 0.25) is 0 Å². The third-order valence-corrected chi connectivity index (χ3v) is 2.68. The van der Waals surface area contributed by atoms with Crippen molar-refractivity contribution in [2.75, 3.05) is 18.0 Å². The lowest BCUT2D eigenvalue weighted by atomic mass is 10.1. The first-order valence-electron chi connectivity index (χ1n) is 5.51. The highest BCUT2D eigenvalue weighted by Crippen LogP contribution is 2.19. The van der Waals surface area contributed by atoms with E-state index in [0.29, 0.717) is 11.9 Å². The Morgan fingerprint density at radius 3 is 2.93 bits per heavy atom. The molecule has 1 saturated heterocycles. The van der Waals surface area contributed by atoms with Crippen molar-refractivity contribution in [2.24, 2.45) is 5.73 Å². The number of hydrogen-bond acceptors (Lipinski definition) is 5. The second-order valence-corrected chi connectivity index (χ2v) is 4.44. The largest absolute Gasteiger partial charge is 0.326 e. The molecular formula is C10H18N4O. The maximum absolute atomic E-state index is 5.90. The van der Waals surface area contributed by atoms with Gasteiger partial charge in [-0.1, -0.05) is 19.0 Å². The summed E-state index contributed by atoms with van der Waals surface area (Å²) >= 11 is 0. The Hall–Kier alpha value is -1.10. The van der Waals surface area contributed by atoms with Gasteiger partial charge in [-0.2, -0.15) is 4.98 Å². The molecule has 1 unspecified atom stereocenters.